The van der Waals surface area contributed by atoms with Gasteiger partial charge in [-0.25, -0.2) is 0 Å². The maximum absolute atomic E-state index is 12.1. The van der Waals surface area contributed by atoms with Crippen molar-refractivity contribution in [2.24, 2.45) is 0 Å². The van der Waals surface area contributed by atoms with Crippen LogP contribution in [0, 0.1) is 0 Å². The Morgan fingerprint density at radius 3 is 2.94 bits per heavy atom. The summed E-state index contributed by atoms with van der Waals surface area (Å²) in [5.41, 5.74) is 6.62. The van der Waals surface area contributed by atoms with Gasteiger partial charge >= 0.3 is 0 Å². The molecule has 1 fully saturated rings. The SMILES string of the molecule is COC1CCC(NC(=O)c2cc(N)ccc2Cl)C1. The maximum atomic E-state index is 12.1. The number of benzene rings is 1. The Kier molecular flexibility index (Phi) is 4.09. The molecule has 0 aromatic heterocycles. The molecular formula is C13H17ClN2O2. The zero-order chi connectivity index (χ0) is 13.1. The number of methoxy groups -OCH3 is 1. The first-order valence-corrected chi connectivity index (χ1v) is 6.36. The number of rotatable bonds is 3. The lowest BCUT2D eigenvalue weighted by Crippen LogP contribution is -2.33. The minimum absolute atomic E-state index is 0.153. The minimum Gasteiger partial charge on any atom is -0.399 e. The number of halogens is 1. The Labute approximate surface area is 111 Å². The molecule has 1 aliphatic carbocycles. The lowest BCUT2D eigenvalue weighted by atomic mass is 10.1. The zero-order valence-corrected chi connectivity index (χ0v) is 11.0. The summed E-state index contributed by atoms with van der Waals surface area (Å²) in [5.74, 6) is -0.172. The van der Waals surface area contributed by atoms with Crippen LogP contribution in [0.15, 0.2) is 18.2 Å². The van der Waals surface area contributed by atoms with Crippen molar-refractivity contribution in [3.8, 4) is 0 Å². The number of carbonyl (C=O) groups excluding carboxylic acids is 1. The Morgan fingerprint density at radius 2 is 2.28 bits per heavy atom. The quantitative estimate of drug-likeness (QED) is 0.826. The van der Waals surface area contributed by atoms with E-state index in [-0.39, 0.29) is 18.1 Å². The van der Waals surface area contributed by atoms with Crippen LogP contribution in [-0.2, 0) is 4.74 Å². The first-order valence-electron chi connectivity index (χ1n) is 5.99. The van der Waals surface area contributed by atoms with Gasteiger partial charge in [0.2, 0.25) is 0 Å². The summed E-state index contributed by atoms with van der Waals surface area (Å²) in [4.78, 5) is 12.1. The average molecular weight is 269 g/mol. The highest BCUT2D eigenvalue weighted by Crippen LogP contribution is 2.23. The predicted molar refractivity (Wildman–Crippen MR) is 71.8 cm³/mol. The standard InChI is InChI=1S/C13H17ClN2O2/c1-18-10-4-3-9(7-10)16-13(17)11-6-8(15)2-5-12(11)14/h2,5-6,9-10H,3-4,7,15H2,1H3,(H,16,17). The first kappa shape index (κ1) is 13.2. The molecule has 3 N–H and O–H groups in total. The molecule has 0 radical (unpaired) electrons. The van der Waals surface area contributed by atoms with E-state index in [9.17, 15) is 4.79 Å². The van der Waals surface area contributed by atoms with Gasteiger partial charge in [0.1, 0.15) is 0 Å². The fraction of sp³-hybridized carbons (Fsp3) is 0.462. The third kappa shape index (κ3) is 2.94. The molecule has 0 heterocycles. The molecule has 2 unspecified atom stereocenters. The molecule has 5 heteroatoms. The molecule has 1 saturated carbocycles. The molecule has 0 bridgehead atoms. The highest BCUT2D eigenvalue weighted by molar-refractivity contribution is 6.34. The van der Waals surface area contributed by atoms with Gasteiger partial charge in [0.15, 0.2) is 0 Å². The van der Waals surface area contributed by atoms with Crippen LogP contribution in [0.2, 0.25) is 5.02 Å². The van der Waals surface area contributed by atoms with Gasteiger partial charge in [-0.05, 0) is 37.5 Å². The van der Waals surface area contributed by atoms with Gasteiger partial charge in [0.25, 0.3) is 5.91 Å². The van der Waals surface area contributed by atoms with Crippen LogP contribution in [0.3, 0.4) is 0 Å². The molecule has 0 spiro atoms. The first-order chi connectivity index (χ1) is 8.60. The number of ether oxygens (including phenoxy) is 1. The van der Waals surface area contributed by atoms with Crippen molar-refractivity contribution in [3.05, 3.63) is 28.8 Å². The van der Waals surface area contributed by atoms with Gasteiger partial charge in [0, 0.05) is 18.8 Å². The van der Waals surface area contributed by atoms with Gasteiger partial charge in [-0.1, -0.05) is 11.6 Å². The number of amides is 1. The predicted octanol–water partition coefficient (Wildman–Crippen LogP) is 2.22. The van der Waals surface area contributed by atoms with Gasteiger partial charge in [-0.3, -0.25) is 4.79 Å². The number of carbonyl (C=O) groups is 1. The summed E-state index contributed by atoms with van der Waals surface area (Å²) in [5, 5.41) is 3.39. The molecule has 98 valence electrons. The van der Waals surface area contributed by atoms with Gasteiger partial charge in [0.05, 0.1) is 16.7 Å². The molecule has 2 rings (SSSR count). The number of nitrogens with two attached hydrogens (primary N) is 1. The fourth-order valence-corrected chi connectivity index (χ4v) is 2.47. The van der Waals surface area contributed by atoms with E-state index >= 15 is 0 Å². The molecule has 1 aromatic rings. The van der Waals surface area contributed by atoms with E-state index in [4.69, 9.17) is 22.1 Å². The number of hydrogen-bond acceptors (Lipinski definition) is 3. The third-order valence-electron chi connectivity index (χ3n) is 3.29. The average Bonchev–Trinajstić information content (AvgIpc) is 2.80. The van der Waals surface area contributed by atoms with E-state index in [0.717, 1.165) is 19.3 Å². The summed E-state index contributed by atoms with van der Waals surface area (Å²) >= 11 is 5.99. The van der Waals surface area contributed by atoms with E-state index in [0.29, 0.717) is 16.3 Å². The van der Waals surface area contributed by atoms with Gasteiger partial charge < -0.3 is 15.8 Å². The Morgan fingerprint density at radius 1 is 1.50 bits per heavy atom. The van der Waals surface area contributed by atoms with Crippen molar-refractivity contribution >= 4 is 23.2 Å². The van der Waals surface area contributed by atoms with Crippen LogP contribution >= 0.6 is 11.6 Å². The van der Waals surface area contributed by atoms with E-state index in [1.165, 1.54) is 0 Å². The van der Waals surface area contributed by atoms with Crippen molar-refractivity contribution in [1.29, 1.82) is 0 Å². The molecule has 1 aliphatic rings. The highest BCUT2D eigenvalue weighted by Gasteiger charge is 2.26. The highest BCUT2D eigenvalue weighted by atomic mass is 35.5. The van der Waals surface area contributed by atoms with E-state index in [2.05, 4.69) is 5.32 Å². The van der Waals surface area contributed by atoms with Crippen molar-refractivity contribution in [2.45, 2.75) is 31.4 Å². The van der Waals surface area contributed by atoms with Crippen LogP contribution in [0.4, 0.5) is 5.69 Å². The maximum Gasteiger partial charge on any atom is 0.253 e. The molecule has 4 nitrogen and oxygen atoms in total. The van der Waals surface area contributed by atoms with Crippen LogP contribution in [0.1, 0.15) is 29.6 Å². The van der Waals surface area contributed by atoms with E-state index < -0.39 is 0 Å². The second-order valence-corrected chi connectivity index (χ2v) is 4.99. The molecule has 2 atom stereocenters. The van der Waals surface area contributed by atoms with Crippen molar-refractivity contribution in [1.82, 2.24) is 5.32 Å². The lowest BCUT2D eigenvalue weighted by Gasteiger charge is -2.14. The smallest absolute Gasteiger partial charge is 0.253 e. The monoisotopic (exact) mass is 268 g/mol. The minimum atomic E-state index is -0.172. The van der Waals surface area contributed by atoms with E-state index in [1.807, 2.05) is 0 Å². The Hall–Kier alpha value is -1.26. The Bertz CT molecular complexity index is 451. The summed E-state index contributed by atoms with van der Waals surface area (Å²) in [6.45, 7) is 0. The number of nitrogen functional groups attached to an aromatic ring is 1. The molecule has 1 aromatic carbocycles. The molecule has 0 aliphatic heterocycles. The largest absolute Gasteiger partial charge is 0.399 e. The summed E-state index contributed by atoms with van der Waals surface area (Å²) in [6.07, 6.45) is 3.00. The number of nitrogens with one attached hydrogen (secondary N) is 1. The van der Waals surface area contributed by atoms with Crippen molar-refractivity contribution in [3.63, 3.8) is 0 Å². The van der Waals surface area contributed by atoms with Crippen LogP contribution < -0.4 is 11.1 Å². The van der Waals surface area contributed by atoms with Gasteiger partial charge in [-0.15, -0.1) is 0 Å². The summed E-state index contributed by atoms with van der Waals surface area (Å²) < 4.78 is 5.27. The molecule has 1 amide bonds. The second-order valence-electron chi connectivity index (χ2n) is 4.58. The van der Waals surface area contributed by atoms with E-state index in [1.54, 1.807) is 25.3 Å². The summed E-state index contributed by atoms with van der Waals surface area (Å²) in [7, 11) is 1.70. The zero-order valence-electron chi connectivity index (χ0n) is 10.3. The van der Waals surface area contributed by atoms with Gasteiger partial charge in [-0.2, -0.15) is 0 Å². The fourth-order valence-electron chi connectivity index (χ4n) is 2.27. The van der Waals surface area contributed by atoms with Crippen molar-refractivity contribution in [2.75, 3.05) is 12.8 Å². The number of anilines is 1. The normalized spacial score (nSPS) is 23.0. The second kappa shape index (κ2) is 5.59. The van der Waals surface area contributed by atoms with Crippen LogP contribution in [-0.4, -0.2) is 25.2 Å². The third-order valence-corrected chi connectivity index (χ3v) is 3.62. The van der Waals surface area contributed by atoms with Crippen LogP contribution in [0.25, 0.3) is 0 Å². The number of hydrogen-bond donors (Lipinski definition) is 2. The molecule has 18 heavy (non-hydrogen) atoms. The molecule has 0 saturated heterocycles. The van der Waals surface area contributed by atoms with Crippen LogP contribution in [0.5, 0.6) is 0 Å². The Balaban J connectivity index is 2.02. The van der Waals surface area contributed by atoms with Crippen molar-refractivity contribution < 1.29 is 9.53 Å². The summed E-state index contributed by atoms with van der Waals surface area (Å²) in [6, 6.07) is 5.06. The lowest BCUT2D eigenvalue weighted by molar-refractivity contribution is 0.0915. The molecular weight excluding hydrogens is 252 g/mol. The topological polar surface area (TPSA) is 64.3 Å².